The normalized spacial score (nSPS) is 28.1. The van der Waals surface area contributed by atoms with Gasteiger partial charge in [-0.15, -0.1) is 0 Å². The Morgan fingerprint density at radius 1 is 1.09 bits per heavy atom. The molecule has 118 valence electrons. The Kier molecular flexibility index (Phi) is 3.66. The minimum atomic E-state index is -0.509. The molecule has 4 rings (SSSR count). The molecule has 0 spiro atoms. The van der Waals surface area contributed by atoms with Gasteiger partial charge < -0.3 is 14.4 Å². The maximum atomic E-state index is 12.7. The lowest BCUT2D eigenvalue weighted by molar-refractivity contribution is -0.144. The van der Waals surface area contributed by atoms with Gasteiger partial charge in [-0.05, 0) is 31.5 Å². The Morgan fingerprint density at radius 3 is 2.86 bits per heavy atom. The number of hydrogen-bond acceptors (Lipinski definition) is 4. The van der Waals surface area contributed by atoms with E-state index < -0.39 is 6.10 Å². The zero-order chi connectivity index (χ0) is 14.9. The number of carbonyl (C=O) groups is 1. The third-order valence-corrected chi connectivity index (χ3v) is 4.93. The number of hydrogen-bond donors (Lipinski definition) is 0. The van der Waals surface area contributed by atoms with Crippen molar-refractivity contribution < 1.29 is 14.3 Å². The van der Waals surface area contributed by atoms with Gasteiger partial charge in [-0.25, -0.2) is 0 Å². The van der Waals surface area contributed by atoms with Crippen LogP contribution in [0.15, 0.2) is 24.3 Å². The molecule has 5 nitrogen and oxygen atoms in total. The van der Waals surface area contributed by atoms with E-state index in [0.717, 1.165) is 25.4 Å². The van der Waals surface area contributed by atoms with Crippen molar-refractivity contribution in [3.05, 3.63) is 24.3 Å². The molecule has 5 heteroatoms. The lowest BCUT2D eigenvalue weighted by Crippen LogP contribution is -2.59. The summed E-state index contributed by atoms with van der Waals surface area (Å²) >= 11 is 0. The summed E-state index contributed by atoms with van der Waals surface area (Å²) in [6, 6.07) is 8.07. The molecule has 0 N–H and O–H groups in total. The van der Waals surface area contributed by atoms with Crippen LogP contribution in [0.25, 0.3) is 0 Å². The number of ether oxygens (including phenoxy) is 2. The minimum absolute atomic E-state index is 0.0692. The first-order valence-electron chi connectivity index (χ1n) is 8.22. The number of piperazine rings is 1. The van der Waals surface area contributed by atoms with E-state index in [1.165, 1.54) is 25.8 Å². The van der Waals surface area contributed by atoms with E-state index in [2.05, 4.69) is 4.90 Å². The van der Waals surface area contributed by atoms with Crippen LogP contribution < -0.4 is 9.47 Å². The molecular formula is C17H22N2O3. The van der Waals surface area contributed by atoms with E-state index in [4.69, 9.17) is 9.47 Å². The molecule has 2 saturated heterocycles. The number of nitrogens with zero attached hydrogens (tertiary/aromatic N) is 2. The molecular weight excluding hydrogens is 280 g/mol. The summed E-state index contributed by atoms with van der Waals surface area (Å²) < 4.78 is 11.5. The highest BCUT2D eigenvalue weighted by atomic mass is 16.6. The molecule has 1 amide bonds. The van der Waals surface area contributed by atoms with Crippen molar-refractivity contribution in [1.82, 2.24) is 9.80 Å². The molecule has 2 unspecified atom stereocenters. The van der Waals surface area contributed by atoms with Gasteiger partial charge >= 0.3 is 0 Å². The van der Waals surface area contributed by atoms with Crippen LogP contribution in [0, 0.1) is 0 Å². The zero-order valence-electron chi connectivity index (χ0n) is 12.7. The highest BCUT2D eigenvalue weighted by Crippen LogP contribution is 2.31. The van der Waals surface area contributed by atoms with E-state index in [-0.39, 0.29) is 5.91 Å². The molecule has 3 aliphatic heterocycles. The Bertz CT molecular complexity index is 563. The molecule has 22 heavy (non-hydrogen) atoms. The summed E-state index contributed by atoms with van der Waals surface area (Å²) in [5, 5.41) is 0. The second-order valence-corrected chi connectivity index (χ2v) is 6.33. The average molecular weight is 302 g/mol. The van der Waals surface area contributed by atoms with Crippen LogP contribution in [0.5, 0.6) is 11.5 Å². The van der Waals surface area contributed by atoms with E-state index >= 15 is 0 Å². The number of rotatable bonds is 1. The van der Waals surface area contributed by atoms with Crippen LogP contribution in [0.3, 0.4) is 0 Å². The molecule has 1 aromatic rings. The van der Waals surface area contributed by atoms with Crippen molar-refractivity contribution in [1.29, 1.82) is 0 Å². The van der Waals surface area contributed by atoms with Gasteiger partial charge in [0.25, 0.3) is 5.91 Å². The fourth-order valence-electron chi connectivity index (χ4n) is 3.70. The van der Waals surface area contributed by atoms with E-state index in [1.807, 2.05) is 29.2 Å². The molecule has 0 aromatic heterocycles. The molecule has 0 bridgehead atoms. The Balaban J connectivity index is 1.42. The predicted octanol–water partition coefficient (Wildman–Crippen LogP) is 1.52. The van der Waals surface area contributed by atoms with Crippen molar-refractivity contribution in [2.24, 2.45) is 0 Å². The van der Waals surface area contributed by atoms with E-state index in [1.54, 1.807) is 0 Å². The lowest BCUT2D eigenvalue weighted by atomic mass is 9.99. The molecule has 3 heterocycles. The van der Waals surface area contributed by atoms with Gasteiger partial charge in [0.2, 0.25) is 6.10 Å². The number of fused-ring (bicyclic) bond motifs is 2. The topological polar surface area (TPSA) is 42.0 Å². The number of carbonyl (C=O) groups excluding carboxylic acids is 1. The van der Waals surface area contributed by atoms with Crippen molar-refractivity contribution in [2.75, 3.05) is 32.8 Å². The van der Waals surface area contributed by atoms with E-state index in [0.29, 0.717) is 18.4 Å². The standard InChI is InChI=1S/C17H22N2O3/c20-17(16-12-21-14-6-1-2-7-15(14)22-16)19-10-9-18-8-4-3-5-13(18)11-19/h1-2,6-7,13,16H,3-5,8-12H2. The quantitative estimate of drug-likeness (QED) is 0.789. The highest BCUT2D eigenvalue weighted by Gasteiger charge is 2.36. The zero-order valence-corrected chi connectivity index (χ0v) is 12.7. The SMILES string of the molecule is O=C(C1COc2ccccc2O1)N1CCN2CCCCC2C1. The van der Waals surface area contributed by atoms with Crippen molar-refractivity contribution in [2.45, 2.75) is 31.4 Å². The molecule has 0 saturated carbocycles. The maximum Gasteiger partial charge on any atom is 0.267 e. The summed E-state index contributed by atoms with van der Waals surface area (Å²) in [7, 11) is 0. The number of benzene rings is 1. The lowest BCUT2D eigenvalue weighted by Gasteiger charge is -2.44. The second-order valence-electron chi connectivity index (χ2n) is 6.33. The largest absolute Gasteiger partial charge is 0.485 e. The molecule has 0 radical (unpaired) electrons. The Morgan fingerprint density at radius 2 is 1.95 bits per heavy atom. The monoisotopic (exact) mass is 302 g/mol. The maximum absolute atomic E-state index is 12.7. The van der Waals surface area contributed by atoms with Crippen LogP contribution in [-0.2, 0) is 4.79 Å². The average Bonchev–Trinajstić information content (AvgIpc) is 2.60. The summed E-state index contributed by atoms with van der Waals surface area (Å²) in [4.78, 5) is 17.2. The highest BCUT2D eigenvalue weighted by molar-refractivity contribution is 5.82. The van der Waals surface area contributed by atoms with E-state index in [9.17, 15) is 4.79 Å². The summed E-state index contributed by atoms with van der Waals surface area (Å²) in [6.07, 6.45) is 3.26. The summed E-state index contributed by atoms with van der Waals surface area (Å²) in [6.45, 7) is 4.11. The van der Waals surface area contributed by atoms with Crippen molar-refractivity contribution >= 4 is 5.91 Å². The fourth-order valence-corrected chi connectivity index (χ4v) is 3.70. The van der Waals surface area contributed by atoms with Gasteiger partial charge in [-0.2, -0.15) is 0 Å². The third kappa shape index (κ3) is 2.54. The van der Waals surface area contributed by atoms with Crippen LogP contribution in [0.1, 0.15) is 19.3 Å². The first-order chi connectivity index (χ1) is 10.8. The van der Waals surface area contributed by atoms with Crippen LogP contribution in [0.2, 0.25) is 0 Å². The molecule has 0 aliphatic carbocycles. The molecule has 3 aliphatic rings. The molecule has 2 atom stereocenters. The van der Waals surface area contributed by atoms with Crippen LogP contribution in [0.4, 0.5) is 0 Å². The van der Waals surface area contributed by atoms with Gasteiger partial charge in [-0.1, -0.05) is 18.6 Å². The predicted molar refractivity (Wildman–Crippen MR) is 82.1 cm³/mol. The third-order valence-electron chi connectivity index (χ3n) is 4.93. The summed E-state index contributed by atoms with van der Waals surface area (Å²) in [5.74, 6) is 1.46. The number of amides is 1. The van der Waals surface area contributed by atoms with Crippen molar-refractivity contribution in [3.8, 4) is 11.5 Å². The van der Waals surface area contributed by atoms with Gasteiger partial charge in [0, 0.05) is 25.7 Å². The van der Waals surface area contributed by atoms with Crippen LogP contribution >= 0.6 is 0 Å². The van der Waals surface area contributed by atoms with Crippen LogP contribution in [-0.4, -0.2) is 60.6 Å². The Labute approximate surface area is 130 Å². The molecule has 1 aromatic carbocycles. The fraction of sp³-hybridized carbons (Fsp3) is 0.588. The Hall–Kier alpha value is -1.75. The van der Waals surface area contributed by atoms with Gasteiger partial charge in [0.05, 0.1) is 0 Å². The van der Waals surface area contributed by atoms with Crippen molar-refractivity contribution in [3.63, 3.8) is 0 Å². The van der Waals surface area contributed by atoms with Gasteiger partial charge in [0.15, 0.2) is 11.5 Å². The van der Waals surface area contributed by atoms with Gasteiger partial charge in [0.1, 0.15) is 6.61 Å². The minimum Gasteiger partial charge on any atom is -0.485 e. The number of para-hydroxylation sites is 2. The first kappa shape index (κ1) is 13.9. The molecule has 2 fully saturated rings. The summed E-state index contributed by atoms with van der Waals surface area (Å²) in [5.41, 5.74) is 0. The second kappa shape index (κ2) is 5.80. The smallest absolute Gasteiger partial charge is 0.267 e. The first-order valence-corrected chi connectivity index (χ1v) is 8.22. The number of piperidine rings is 1. The van der Waals surface area contributed by atoms with Gasteiger partial charge in [-0.3, -0.25) is 9.69 Å².